The van der Waals surface area contributed by atoms with Crippen molar-refractivity contribution in [3.63, 3.8) is 0 Å². The minimum Gasteiger partial charge on any atom is -0.591 e. The highest BCUT2D eigenvalue weighted by atomic mass is 32.2. The lowest BCUT2D eigenvalue weighted by molar-refractivity contribution is 0.207. The summed E-state index contributed by atoms with van der Waals surface area (Å²) >= 11 is -1.17. The molecule has 0 aromatic heterocycles. The van der Waals surface area contributed by atoms with Crippen LogP contribution in [0.4, 0.5) is 0 Å². The van der Waals surface area contributed by atoms with Crippen LogP contribution in [0, 0.1) is 0 Å². The lowest BCUT2D eigenvalue weighted by Crippen LogP contribution is -2.43. The second kappa shape index (κ2) is 6.74. The molecule has 5 heteroatoms. The van der Waals surface area contributed by atoms with Crippen LogP contribution in [0.15, 0.2) is 4.40 Å². The van der Waals surface area contributed by atoms with Gasteiger partial charge in [-0.25, -0.2) is 0 Å². The number of hydrogen-bond donors (Lipinski definition) is 0. The Kier molecular flexibility index (Phi) is 6.80. The van der Waals surface area contributed by atoms with Gasteiger partial charge in [0.25, 0.3) is 0 Å². The first-order valence-electron chi connectivity index (χ1n) is 6.90. The molecule has 0 radical (unpaired) electrons. The number of rotatable bonds is 5. The van der Waals surface area contributed by atoms with Crippen molar-refractivity contribution in [2.75, 3.05) is 0 Å². The first-order valence-corrected chi connectivity index (χ1v) is 10.9. The molecule has 0 aliphatic rings. The third-order valence-electron chi connectivity index (χ3n) is 3.43. The van der Waals surface area contributed by atoms with E-state index >= 15 is 0 Å². The fourth-order valence-corrected chi connectivity index (χ4v) is 3.14. The van der Waals surface area contributed by atoms with Crippen molar-refractivity contribution in [3.8, 4) is 0 Å². The maximum atomic E-state index is 11.8. The summed E-state index contributed by atoms with van der Waals surface area (Å²) < 4.78 is 21.8. The van der Waals surface area contributed by atoms with Gasteiger partial charge in [0, 0.05) is 12.5 Å². The monoisotopic (exact) mass is 305 g/mol. The predicted molar refractivity (Wildman–Crippen MR) is 88.7 cm³/mol. The quantitative estimate of drug-likeness (QED) is 0.431. The number of nitrogens with zero attached hydrogens (tertiary/aromatic N) is 1. The van der Waals surface area contributed by atoms with Crippen LogP contribution in [0.2, 0.25) is 18.1 Å². The highest BCUT2D eigenvalue weighted by molar-refractivity contribution is 7.91. The molecule has 0 saturated heterocycles. The summed E-state index contributed by atoms with van der Waals surface area (Å²) in [6.07, 6.45) is 2.59. The predicted octanol–water partition coefficient (Wildman–Crippen LogP) is 4.32. The lowest BCUT2D eigenvalue weighted by atomic mass is 10.2. The Balaban J connectivity index is 4.35. The zero-order valence-corrected chi connectivity index (χ0v) is 15.9. The Morgan fingerprint density at radius 1 is 1.21 bits per heavy atom. The first kappa shape index (κ1) is 19.2. The van der Waals surface area contributed by atoms with Crippen LogP contribution >= 0.6 is 0 Å². The van der Waals surface area contributed by atoms with Gasteiger partial charge in [0.05, 0.1) is 6.21 Å². The van der Waals surface area contributed by atoms with E-state index in [1.165, 1.54) is 0 Å². The SMILES string of the molecule is C[C@@H](C/C=N/[S@+]([O-])C(C)(C)C)O[Si](C)(C)C(C)(C)C. The third kappa shape index (κ3) is 6.93. The molecule has 0 aliphatic heterocycles. The molecule has 0 fully saturated rings. The summed E-state index contributed by atoms with van der Waals surface area (Å²) in [6.45, 7) is 19.0. The molecule has 0 aromatic rings. The molecule has 0 aromatic carbocycles. The zero-order chi connectivity index (χ0) is 15.5. The van der Waals surface area contributed by atoms with Crippen LogP contribution in [0.5, 0.6) is 0 Å². The lowest BCUT2D eigenvalue weighted by Gasteiger charge is -2.38. The van der Waals surface area contributed by atoms with Crippen LogP contribution in [0.1, 0.15) is 54.9 Å². The van der Waals surface area contributed by atoms with E-state index in [4.69, 9.17) is 4.43 Å². The maximum Gasteiger partial charge on any atom is 0.192 e. The smallest absolute Gasteiger partial charge is 0.192 e. The van der Waals surface area contributed by atoms with Gasteiger partial charge in [-0.2, -0.15) is 0 Å². The minimum atomic E-state index is -1.72. The largest absolute Gasteiger partial charge is 0.591 e. The second-order valence-corrected chi connectivity index (χ2v) is 14.3. The number of hydrogen-bond acceptors (Lipinski definition) is 3. The normalized spacial score (nSPS) is 17.8. The molecule has 0 N–H and O–H groups in total. The summed E-state index contributed by atoms with van der Waals surface area (Å²) in [5, 5.41) is 0.215. The van der Waals surface area contributed by atoms with Gasteiger partial charge in [0.1, 0.15) is 16.1 Å². The Labute approximate surface area is 123 Å². The molecular weight excluding hydrogens is 274 g/mol. The molecule has 0 spiro atoms. The van der Waals surface area contributed by atoms with Gasteiger partial charge in [-0.05, 0) is 45.8 Å². The standard InChI is InChI=1S/C14H31NO2SSi/c1-12(17-19(8,9)14(5,6)7)10-11-15-18(16)13(2,3)4/h11-12H,10H2,1-9H3/b15-11+/t12-,18+/m0/s1. The molecule has 114 valence electrons. The van der Waals surface area contributed by atoms with Gasteiger partial charge >= 0.3 is 0 Å². The molecule has 0 amide bonds. The van der Waals surface area contributed by atoms with E-state index in [1.807, 2.05) is 20.8 Å². The zero-order valence-electron chi connectivity index (χ0n) is 14.0. The topological polar surface area (TPSA) is 44.7 Å². The van der Waals surface area contributed by atoms with Gasteiger partial charge < -0.3 is 8.98 Å². The molecule has 19 heavy (non-hydrogen) atoms. The second-order valence-electron chi connectivity index (χ2n) is 7.57. The summed E-state index contributed by atoms with van der Waals surface area (Å²) in [4.78, 5) is 0. The third-order valence-corrected chi connectivity index (χ3v) is 9.43. The van der Waals surface area contributed by atoms with E-state index in [1.54, 1.807) is 6.21 Å². The maximum absolute atomic E-state index is 11.8. The van der Waals surface area contributed by atoms with E-state index < -0.39 is 19.7 Å². The highest BCUT2D eigenvalue weighted by Crippen LogP contribution is 2.37. The molecule has 0 saturated carbocycles. The van der Waals surface area contributed by atoms with Crippen LogP contribution in [-0.4, -0.2) is 29.9 Å². The van der Waals surface area contributed by atoms with Crippen LogP contribution < -0.4 is 0 Å². The van der Waals surface area contributed by atoms with Crippen molar-refractivity contribution in [3.05, 3.63) is 0 Å². The van der Waals surface area contributed by atoms with E-state index in [-0.39, 0.29) is 15.9 Å². The summed E-state index contributed by atoms with van der Waals surface area (Å²) in [5.74, 6) is 0. The highest BCUT2D eigenvalue weighted by Gasteiger charge is 2.38. The molecular formula is C14H31NO2SSi. The van der Waals surface area contributed by atoms with Crippen molar-refractivity contribution in [2.45, 2.75) is 83.9 Å². The van der Waals surface area contributed by atoms with E-state index in [9.17, 15) is 4.55 Å². The minimum absolute atomic E-state index is 0.126. The average molecular weight is 306 g/mol. The van der Waals surface area contributed by atoms with Gasteiger partial charge in [0.2, 0.25) is 0 Å². The van der Waals surface area contributed by atoms with Crippen LogP contribution in [0.25, 0.3) is 0 Å². The fraction of sp³-hybridized carbons (Fsp3) is 0.929. The summed E-state index contributed by atoms with van der Waals surface area (Å²) in [6, 6.07) is 0. The van der Waals surface area contributed by atoms with E-state index in [0.29, 0.717) is 6.42 Å². The van der Waals surface area contributed by atoms with E-state index in [0.717, 1.165) is 0 Å². The fourth-order valence-electron chi connectivity index (χ4n) is 1.15. The molecule has 2 atom stereocenters. The van der Waals surface area contributed by atoms with E-state index in [2.05, 4.69) is 45.2 Å². The molecule has 0 bridgehead atoms. The van der Waals surface area contributed by atoms with Crippen molar-refractivity contribution in [1.82, 2.24) is 0 Å². The summed E-state index contributed by atoms with van der Waals surface area (Å²) in [7, 11) is -1.72. The van der Waals surface area contributed by atoms with Gasteiger partial charge in [0.15, 0.2) is 8.32 Å². The summed E-state index contributed by atoms with van der Waals surface area (Å²) in [5.41, 5.74) is 0. The first-order chi connectivity index (χ1) is 8.27. The molecule has 0 aliphatic carbocycles. The molecule has 0 unspecified atom stereocenters. The van der Waals surface area contributed by atoms with Gasteiger partial charge in [-0.1, -0.05) is 25.2 Å². The van der Waals surface area contributed by atoms with Crippen molar-refractivity contribution in [1.29, 1.82) is 0 Å². The van der Waals surface area contributed by atoms with Crippen molar-refractivity contribution in [2.24, 2.45) is 4.40 Å². The average Bonchev–Trinajstić information content (AvgIpc) is 2.12. The van der Waals surface area contributed by atoms with Gasteiger partial charge in [-0.3, -0.25) is 0 Å². The van der Waals surface area contributed by atoms with Crippen molar-refractivity contribution >= 4 is 25.9 Å². The van der Waals surface area contributed by atoms with Crippen molar-refractivity contribution < 1.29 is 8.98 Å². The Morgan fingerprint density at radius 2 is 1.68 bits per heavy atom. The van der Waals surface area contributed by atoms with Crippen LogP contribution in [-0.2, 0) is 15.8 Å². The Morgan fingerprint density at radius 3 is 2.05 bits per heavy atom. The molecule has 3 nitrogen and oxygen atoms in total. The van der Waals surface area contributed by atoms with Gasteiger partial charge in [-0.15, -0.1) is 0 Å². The Hall–Kier alpha value is 0.157. The van der Waals surface area contributed by atoms with Crippen LogP contribution in [0.3, 0.4) is 0 Å². The molecule has 0 heterocycles. The Bertz CT molecular complexity index is 306. The molecule has 0 rings (SSSR count).